The second-order valence-electron chi connectivity index (χ2n) is 5.47. The minimum atomic E-state index is -0.783. The molecule has 2 fully saturated rings. The number of amides is 3. The lowest BCUT2D eigenvalue weighted by Crippen LogP contribution is -2.36. The Kier molecular flexibility index (Phi) is 2.98. The van der Waals surface area contributed by atoms with Crippen molar-refractivity contribution < 1.29 is 14.4 Å². The zero-order valence-electron chi connectivity index (χ0n) is 11.3. The molecule has 6 heteroatoms. The minimum Gasteiger partial charge on any atom is -0.337 e. The number of rotatable bonds is 1. The summed E-state index contributed by atoms with van der Waals surface area (Å²) < 4.78 is 0. The number of carbonyl (C=O) groups excluding carboxylic acids is 3. The number of nitrogens with one attached hydrogen (secondary N) is 1. The normalized spacial score (nSPS) is 24.2. The summed E-state index contributed by atoms with van der Waals surface area (Å²) in [6.07, 6.45) is 0.612. The van der Waals surface area contributed by atoms with Gasteiger partial charge in [0.2, 0.25) is 11.8 Å². The summed E-state index contributed by atoms with van der Waals surface area (Å²) in [6.45, 7) is 0.641. The van der Waals surface area contributed by atoms with E-state index in [2.05, 4.69) is 5.32 Å². The third-order valence-corrected chi connectivity index (χ3v) is 4.15. The summed E-state index contributed by atoms with van der Waals surface area (Å²) in [4.78, 5) is 37.4. The van der Waals surface area contributed by atoms with Crippen LogP contribution in [0.25, 0.3) is 0 Å². The van der Waals surface area contributed by atoms with Gasteiger partial charge in [0.25, 0.3) is 5.91 Å². The zero-order valence-corrected chi connectivity index (χ0v) is 11.3. The average Bonchev–Trinajstić information content (AvgIpc) is 3.02. The predicted molar refractivity (Wildman–Crippen MR) is 71.9 cm³/mol. The van der Waals surface area contributed by atoms with Gasteiger partial charge in [-0.2, -0.15) is 5.26 Å². The number of hydrogen-bond donors (Lipinski definition) is 1. The van der Waals surface area contributed by atoms with Crippen LogP contribution in [-0.2, 0) is 9.59 Å². The van der Waals surface area contributed by atoms with Gasteiger partial charge in [-0.1, -0.05) is 12.1 Å². The van der Waals surface area contributed by atoms with E-state index in [1.165, 1.54) is 0 Å². The topological polar surface area (TPSA) is 90.3 Å². The molecule has 2 aliphatic rings. The predicted octanol–water partition coefficient (Wildman–Crippen LogP) is 0.437. The number of imide groups is 1. The van der Waals surface area contributed by atoms with Gasteiger partial charge in [0.15, 0.2) is 0 Å². The van der Waals surface area contributed by atoms with E-state index in [1.807, 2.05) is 6.07 Å². The average molecular weight is 283 g/mol. The van der Waals surface area contributed by atoms with Crippen molar-refractivity contribution in [3.8, 4) is 6.07 Å². The van der Waals surface area contributed by atoms with Crippen LogP contribution in [0.5, 0.6) is 0 Å². The van der Waals surface area contributed by atoms with Crippen molar-refractivity contribution in [2.24, 2.45) is 5.41 Å². The lowest BCUT2D eigenvalue weighted by Gasteiger charge is -2.20. The van der Waals surface area contributed by atoms with Gasteiger partial charge in [-0.15, -0.1) is 0 Å². The molecule has 0 radical (unpaired) electrons. The molecule has 1 aromatic rings. The monoisotopic (exact) mass is 283 g/mol. The van der Waals surface area contributed by atoms with Gasteiger partial charge in [-0.05, 0) is 18.6 Å². The van der Waals surface area contributed by atoms with Crippen LogP contribution in [0.2, 0.25) is 0 Å². The second-order valence-corrected chi connectivity index (χ2v) is 5.47. The van der Waals surface area contributed by atoms with Crippen LogP contribution in [-0.4, -0.2) is 35.7 Å². The fraction of sp³-hybridized carbons (Fsp3) is 0.333. The fourth-order valence-electron chi connectivity index (χ4n) is 3.00. The molecule has 1 N–H and O–H groups in total. The van der Waals surface area contributed by atoms with Gasteiger partial charge in [-0.3, -0.25) is 19.7 Å². The number of benzene rings is 1. The first kappa shape index (κ1) is 13.3. The summed E-state index contributed by atoms with van der Waals surface area (Å²) >= 11 is 0. The second kappa shape index (κ2) is 4.70. The summed E-state index contributed by atoms with van der Waals surface area (Å²) in [7, 11) is 0. The summed E-state index contributed by atoms with van der Waals surface area (Å²) in [5, 5.41) is 11.4. The van der Waals surface area contributed by atoms with Gasteiger partial charge in [0.1, 0.15) is 0 Å². The minimum absolute atomic E-state index is 0.134. The third-order valence-electron chi connectivity index (χ3n) is 4.15. The molecular formula is C15H13N3O3. The molecule has 3 amide bonds. The van der Waals surface area contributed by atoms with Crippen molar-refractivity contribution in [3.63, 3.8) is 0 Å². The molecule has 106 valence electrons. The van der Waals surface area contributed by atoms with Crippen molar-refractivity contribution in [1.82, 2.24) is 10.2 Å². The van der Waals surface area contributed by atoms with Gasteiger partial charge >= 0.3 is 0 Å². The Hall–Kier alpha value is -2.68. The SMILES string of the molecule is N#Cc1ccccc1C(=O)N1CC[C@@]2(CC(=O)NC2=O)C1. The van der Waals surface area contributed by atoms with Crippen molar-refractivity contribution in [3.05, 3.63) is 35.4 Å². The Balaban J connectivity index is 1.84. The Labute approximate surface area is 121 Å². The molecule has 1 aromatic carbocycles. The number of nitriles is 1. The largest absolute Gasteiger partial charge is 0.337 e. The molecule has 3 rings (SSSR count). The Morgan fingerprint density at radius 2 is 2.10 bits per heavy atom. The number of nitrogens with zero attached hydrogens (tertiary/aromatic N) is 2. The van der Waals surface area contributed by atoms with Crippen molar-refractivity contribution in [1.29, 1.82) is 5.26 Å². The molecule has 0 aliphatic carbocycles. The summed E-state index contributed by atoms with van der Waals surface area (Å²) in [6, 6.07) is 8.59. The van der Waals surface area contributed by atoms with E-state index in [0.717, 1.165) is 0 Å². The molecule has 2 heterocycles. The number of carbonyl (C=O) groups is 3. The van der Waals surface area contributed by atoms with Gasteiger partial charge < -0.3 is 4.90 Å². The van der Waals surface area contributed by atoms with Crippen molar-refractivity contribution in [2.45, 2.75) is 12.8 Å². The van der Waals surface area contributed by atoms with Gasteiger partial charge in [0, 0.05) is 19.5 Å². The van der Waals surface area contributed by atoms with Gasteiger partial charge in [-0.25, -0.2) is 0 Å². The first-order valence-corrected chi connectivity index (χ1v) is 6.68. The van der Waals surface area contributed by atoms with E-state index >= 15 is 0 Å². The van der Waals surface area contributed by atoms with E-state index in [9.17, 15) is 14.4 Å². The van der Waals surface area contributed by atoms with Crippen LogP contribution >= 0.6 is 0 Å². The Bertz CT molecular complexity index is 692. The molecule has 1 atom stereocenters. The van der Waals surface area contributed by atoms with Crippen LogP contribution in [0.4, 0.5) is 0 Å². The van der Waals surface area contributed by atoms with Crippen molar-refractivity contribution >= 4 is 17.7 Å². The first-order chi connectivity index (χ1) is 10.1. The van der Waals surface area contributed by atoms with Crippen LogP contribution in [0.15, 0.2) is 24.3 Å². The summed E-state index contributed by atoms with van der Waals surface area (Å²) in [5.41, 5.74) is -0.133. The maximum absolute atomic E-state index is 12.5. The highest BCUT2D eigenvalue weighted by molar-refractivity contribution is 6.07. The van der Waals surface area contributed by atoms with Crippen LogP contribution in [0, 0.1) is 16.7 Å². The highest BCUT2D eigenvalue weighted by Crippen LogP contribution is 2.38. The highest BCUT2D eigenvalue weighted by Gasteiger charge is 2.51. The number of likely N-dealkylation sites (tertiary alicyclic amines) is 1. The molecular weight excluding hydrogens is 270 g/mol. The zero-order chi connectivity index (χ0) is 15.0. The lowest BCUT2D eigenvalue weighted by atomic mass is 9.85. The molecule has 0 saturated carbocycles. The molecule has 6 nitrogen and oxygen atoms in total. The number of hydrogen-bond acceptors (Lipinski definition) is 4. The maximum Gasteiger partial charge on any atom is 0.255 e. The van der Waals surface area contributed by atoms with Gasteiger partial charge in [0.05, 0.1) is 22.6 Å². The quantitative estimate of drug-likeness (QED) is 0.757. The smallest absolute Gasteiger partial charge is 0.255 e. The van der Waals surface area contributed by atoms with E-state index in [0.29, 0.717) is 24.1 Å². The van der Waals surface area contributed by atoms with Crippen LogP contribution in [0.3, 0.4) is 0 Å². The Morgan fingerprint density at radius 3 is 2.76 bits per heavy atom. The van der Waals surface area contributed by atoms with E-state index in [4.69, 9.17) is 5.26 Å². The summed E-state index contributed by atoms with van der Waals surface area (Å²) in [5.74, 6) is -0.848. The molecule has 21 heavy (non-hydrogen) atoms. The molecule has 2 saturated heterocycles. The molecule has 0 aromatic heterocycles. The molecule has 1 spiro atoms. The fourth-order valence-corrected chi connectivity index (χ4v) is 3.00. The lowest BCUT2D eigenvalue weighted by molar-refractivity contribution is -0.128. The first-order valence-electron chi connectivity index (χ1n) is 6.68. The standard InChI is InChI=1S/C15H13N3O3/c16-8-10-3-1-2-4-11(10)13(20)18-6-5-15(9-18)7-12(19)17-14(15)21/h1-4H,5-7,9H2,(H,17,19,21)/t15-/m1/s1. The van der Waals surface area contributed by atoms with Crippen molar-refractivity contribution in [2.75, 3.05) is 13.1 Å². The van der Waals surface area contributed by atoms with Crippen LogP contribution < -0.4 is 5.32 Å². The third kappa shape index (κ3) is 2.07. The molecule has 0 unspecified atom stereocenters. The van der Waals surface area contributed by atoms with Crippen LogP contribution in [0.1, 0.15) is 28.8 Å². The Morgan fingerprint density at radius 1 is 1.33 bits per heavy atom. The van der Waals surface area contributed by atoms with E-state index in [1.54, 1.807) is 29.2 Å². The molecule has 2 aliphatic heterocycles. The highest BCUT2D eigenvalue weighted by atomic mass is 16.2. The van der Waals surface area contributed by atoms with E-state index in [-0.39, 0.29) is 30.7 Å². The maximum atomic E-state index is 12.5. The van der Waals surface area contributed by atoms with E-state index < -0.39 is 5.41 Å². The molecule has 0 bridgehead atoms.